The van der Waals surface area contributed by atoms with E-state index in [9.17, 15) is 26.3 Å². The predicted molar refractivity (Wildman–Crippen MR) is 55.6 cm³/mol. The molecule has 1 rings (SSSR count). The van der Waals surface area contributed by atoms with Gasteiger partial charge in [-0.3, -0.25) is 0 Å². The van der Waals surface area contributed by atoms with E-state index in [1.165, 1.54) is 0 Å². The average Bonchev–Trinajstić information content (AvgIpc) is 2.13. The normalized spacial score (nSPS) is 12.7. The molecule has 102 valence electrons. The Morgan fingerprint density at radius 3 is 2.17 bits per heavy atom. The lowest BCUT2D eigenvalue weighted by molar-refractivity contribution is -0.290. The van der Waals surface area contributed by atoms with Crippen LogP contribution < -0.4 is 4.74 Å². The van der Waals surface area contributed by atoms with Gasteiger partial charge < -0.3 is 4.74 Å². The monoisotopic (exact) mass is 356 g/mol. The second kappa shape index (κ2) is 5.16. The van der Waals surface area contributed by atoms with Crippen molar-refractivity contribution in [3.8, 4) is 5.75 Å². The highest BCUT2D eigenvalue weighted by Gasteiger charge is 2.58. The van der Waals surface area contributed by atoms with Crippen molar-refractivity contribution in [2.24, 2.45) is 0 Å². The summed E-state index contributed by atoms with van der Waals surface area (Å²) in [5.41, 5.74) is 0. The molecule has 9 heteroatoms. The van der Waals surface area contributed by atoms with Gasteiger partial charge in [0, 0.05) is 5.02 Å². The van der Waals surface area contributed by atoms with Crippen molar-refractivity contribution in [1.29, 1.82) is 0 Å². The fourth-order valence-electron chi connectivity index (χ4n) is 0.911. The Balaban J connectivity index is 2.88. The van der Waals surface area contributed by atoms with Crippen LogP contribution in [0.1, 0.15) is 0 Å². The molecule has 0 aliphatic heterocycles. The molecular weight excluding hydrogens is 353 g/mol. The topological polar surface area (TPSA) is 9.23 Å². The molecule has 0 atom stereocenters. The maximum Gasteiger partial charge on any atom is 0.456 e. The molecule has 0 spiro atoms. The molecular formula is C9H4BrClF6O. The lowest BCUT2D eigenvalue weighted by atomic mass is 10.3. The van der Waals surface area contributed by atoms with Crippen LogP contribution in [-0.4, -0.2) is 18.7 Å². The van der Waals surface area contributed by atoms with E-state index in [0.29, 0.717) is 0 Å². The molecule has 0 aliphatic rings. The van der Waals surface area contributed by atoms with Crippen molar-refractivity contribution in [2.45, 2.75) is 12.1 Å². The molecule has 0 radical (unpaired) electrons. The third-order valence-corrected chi connectivity index (χ3v) is 2.58. The third-order valence-electron chi connectivity index (χ3n) is 1.78. The number of benzene rings is 1. The van der Waals surface area contributed by atoms with E-state index >= 15 is 0 Å². The van der Waals surface area contributed by atoms with Crippen molar-refractivity contribution in [3.05, 3.63) is 27.4 Å². The van der Waals surface area contributed by atoms with Gasteiger partial charge in [-0.25, -0.2) is 4.39 Å². The number of halogens is 8. The molecule has 0 fully saturated rings. The fraction of sp³-hybridized carbons (Fsp3) is 0.333. The van der Waals surface area contributed by atoms with Crippen molar-refractivity contribution < 1.29 is 31.1 Å². The van der Waals surface area contributed by atoms with Gasteiger partial charge in [0.2, 0.25) is 0 Å². The van der Waals surface area contributed by atoms with Gasteiger partial charge in [-0.2, -0.15) is 22.0 Å². The minimum absolute atomic E-state index is 0.0608. The van der Waals surface area contributed by atoms with Crippen LogP contribution in [-0.2, 0) is 0 Å². The molecule has 0 heterocycles. The molecule has 0 saturated carbocycles. The lowest BCUT2D eigenvalue weighted by Gasteiger charge is -2.20. The standard InChI is InChI=1S/C9H4BrClF6O/c10-5-1-4(11)2-6(12)7(5)18-3-8(13,14)9(15,16)17/h1-2H,3H2. The number of hydrogen-bond donors (Lipinski definition) is 0. The number of hydrogen-bond acceptors (Lipinski definition) is 1. The first-order valence-electron chi connectivity index (χ1n) is 4.26. The number of rotatable bonds is 3. The molecule has 1 nitrogen and oxygen atoms in total. The Kier molecular flexibility index (Phi) is 4.42. The van der Waals surface area contributed by atoms with Crippen LogP contribution in [0.2, 0.25) is 5.02 Å². The van der Waals surface area contributed by atoms with Crippen LogP contribution in [0.3, 0.4) is 0 Å². The number of alkyl halides is 5. The fourth-order valence-corrected chi connectivity index (χ4v) is 1.80. The van der Waals surface area contributed by atoms with Crippen molar-refractivity contribution in [3.63, 3.8) is 0 Å². The summed E-state index contributed by atoms with van der Waals surface area (Å²) in [6.45, 7) is -2.02. The summed E-state index contributed by atoms with van der Waals surface area (Å²) in [6, 6.07) is 1.83. The zero-order chi connectivity index (χ0) is 14.1. The SMILES string of the molecule is Fc1cc(Cl)cc(Br)c1OCC(F)(F)C(F)(F)F. The van der Waals surface area contributed by atoms with Crippen LogP contribution in [0.4, 0.5) is 26.3 Å². The lowest BCUT2D eigenvalue weighted by Crippen LogP contribution is -2.41. The summed E-state index contributed by atoms with van der Waals surface area (Å²) in [5.74, 6) is -6.98. The summed E-state index contributed by atoms with van der Waals surface area (Å²) in [5, 5.41) is -0.0608. The first kappa shape index (κ1) is 15.4. The summed E-state index contributed by atoms with van der Waals surface area (Å²) in [4.78, 5) is 0. The smallest absolute Gasteiger partial charge is 0.456 e. The van der Waals surface area contributed by atoms with E-state index < -0.39 is 30.3 Å². The molecule has 1 aromatic rings. The second-order valence-corrected chi connectivity index (χ2v) is 4.48. The summed E-state index contributed by atoms with van der Waals surface area (Å²) in [6.07, 6.45) is -5.76. The minimum Gasteiger partial charge on any atom is -0.483 e. The molecule has 1 aromatic carbocycles. The highest BCUT2D eigenvalue weighted by molar-refractivity contribution is 9.10. The minimum atomic E-state index is -5.76. The Morgan fingerprint density at radius 2 is 1.72 bits per heavy atom. The molecule has 0 amide bonds. The van der Waals surface area contributed by atoms with Gasteiger partial charge in [-0.1, -0.05) is 11.6 Å². The van der Waals surface area contributed by atoms with Crippen molar-refractivity contribution in [2.75, 3.05) is 6.61 Å². The van der Waals surface area contributed by atoms with Crippen molar-refractivity contribution >= 4 is 27.5 Å². The first-order valence-corrected chi connectivity index (χ1v) is 5.43. The second-order valence-electron chi connectivity index (χ2n) is 3.19. The van der Waals surface area contributed by atoms with Crippen LogP contribution in [0.25, 0.3) is 0 Å². The molecule has 18 heavy (non-hydrogen) atoms. The van der Waals surface area contributed by atoms with Gasteiger partial charge in [0.05, 0.1) is 4.47 Å². The van der Waals surface area contributed by atoms with Crippen LogP contribution in [0, 0.1) is 5.82 Å². The molecule has 0 bridgehead atoms. The van der Waals surface area contributed by atoms with E-state index in [1.807, 2.05) is 0 Å². The molecule has 0 unspecified atom stereocenters. The maximum atomic E-state index is 13.2. The molecule has 0 aromatic heterocycles. The summed E-state index contributed by atoms with van der Waals surface area (Å²) >= 11 is 8.17. The zero-order valence-corrected chi connectivity index (χ0v) is 10.6. The van der Waals surface area contributed by atoms with Gasteiger partial charge in [0.25, 0.3) is 0 Å². The highest BCUT2D eigenvalue weighted by atomic mass is 79.9. The molecule has 0 saturated heterocycles. The van der Waals surface area contributed by atoms with E-state index in [2.05, 4.69) is 20.7 Å². The summed E-state index contributed by atoms with van der Waals surface area (Å²) < 4.78 is 77.8. The van der Waals surface area contributed by atoms with E-state index in [1.54, 1.807) is 0 Å². The van der Waals surface area contributed by atoms with Crippen LogP contribution in [0.5, 0.6) is 5.75 Å². The van der Waals surface area contributed by atoms with Gasteiger partial charge in [0.15, 0.2) is 18.2 Å². The van der Waals surface area contributed by atoms with Crippen molar-refractivity contribution in [1.82, 2.24) is 0 Å². The number of ether oxygens (including phenoxy) is 1. The molecule has 0 N–H and O–H groups in total. The van der Waals surface area contributed by atoms with Gasteiger partial charge in [-0.05, 0) is 28.1 Å². The van der Waals surface area contributed by atoms with Gasteiger partial charge >= 0.3 is 12.1 Å². The summed E-state index contributed by atoms with van der Waals surface area (Å²) in [7, 11) is 0. The third kappa shape index (κ3) is 3.44. The Morgan fingerprint density at radius 1 is 1.17 bits per heavy atom. The van der Waals surface area contributed by atoms with Crippen LogP contribution >= 0.6 is 27.5 Å². The Labute approximate surface area is 111 Å². The maximum absolute atomic E-state index is 13.2. The quantitative estimate of drug-likeness (QED) is 0.705. The largest absolute Gasteiger partial charge is 0.483 e. The Bertz CT molecular complexity index is 424. The molecule has 0 aliphatic carbocycles. The zero-order valence-electron chi connectivity index (χ0n) is 8.29. The first-order chi connectivity index (χ1) is 8.04. The van der Waals surface area contributed by atoms with Gasteiger partial charge in [0.1, 0.15) is 0 Å². The van der Waals surface area contributed by atoms with E-state index in [4.69, 9.17) is 11.6 Å². The van der Waals surface area contributed by atoms with Gasteiger partial charge in [-0.15, -0.1) is 0 Å². The average molecular weight is 357 g/mol. The Hall–Kier alpha value is -0.630. The van der Waals surface area contributed by atoms with Crippen LogP contribution in [0.15, 0.2) is 16.6 Å². The highest BCUT2D eigenvalue weighted by Crippen LogP contribution is 2.37. The predicted octanol–water partition coefficient (Wildman–Crippen LogP) is 4.82. The van der Waals surface area contributed by atoms with E-state index in [0.717, 1.165) is 12.1 Å². The van der Waals surface area contributed by atoms with E-state index in [-0.39, 0.29) is 9.50 Å².